The summed E-state index contributed by atoms with van der Waals surface area (Å²) in [5.74, 6) is 0.931. The third kappa shape index (κ3) is 6.23. The van der Waals surface area contributed by atoms with Crippen molar-refractivity contribution in [2.24, 2.45) is 5.92 Å². The summed E-state index contributed by atoms with van der Waals surface area (Å²) >= 11 is 0. The van der Waals surface area contributed by atoms with E-state index in [-0.39, 0.29) is 5.91 Å². The first kappa shape index (κ1) is 17.4. The van der Waals surface area contributed by atoms with Gasteiger partial charge in [-0.05, 0) is 31.6 Å². The monoisotopic (exact) mass is 283 g/mol. The van der Waals surface area contributed by atoms with E-state index in [1.165, 1.54) is 19.3 Å². The van der Waals surface area contributed by atoms with Gasteiger partial charge in [-0.25, -0.2) is 0 Å². The van der Waals surface area contributed by atoms with Crippen LogP contribution < -0.4 is 10.6 Å². The first-order valence-electron chi connectivity index (χ1n) is 8.27. The van der Waals surface area contributed by atoms with Crippen molar-refractivity contribution in [1.29, 1.82) is 0 Å². The smallest absolute Gasteiger partial charge is 0.233 e. The zero-order chi connectivity index (χ0) is 15.0. The molecule has 0 bridgehead atoms. The van der Waals surface area contributed by atoms with Crippen molar-refractivity contribution in [2.75, 3.05) is 26.7 Å². The second-order valence-corrected chi connectivity index (χ2v) is 6.24. The fraction of sp³-hybridized carbons (Fsp3) is 0.938. The summed E-state index contributed by atoms with van der Waals surface area (Å²) in [6.07, 6.45) is 6.08. The van der Waals surface area contributed by atoms with Crippen LogP contribution in [0.4, 0.5) is 0 Å². The Labute approximate surface area is 124 Å². The summed E-state index contributed by atoms with van der Waals surface area (Å²) in [5, 5.41) is 6.53. The number of amides is 1. The molecular formula is C16H33N3O. The number of likely N-dealkylation sites (tertiary alicyclic amines) is 1. The quantitative estimate of drug-likeness (QED) is 0.716. The highest BCUT2D eigenvalue weighted by Gasteiger charge is 2.22. The average molecular weight is 283 g/mol. The van der Waals surface area contributed by atoms with E-state index in [0.717, 1.165) is 31.8 Å². The summed E-state index contributed by atoms with van der Waals surface area (Å²) in [5.41, 5.74) is 0. The van der Waals surface area contributed by atoms with E-state index in [4.69, 9.17) is 0 Å². The zero-order valence-corrected chi connectivity index (χ0v) is 13.7. The van der Waals surface area contributed by atoms with Crippen LogP contribution in [0.3, 0.4) is 0 Å². The third-order valence-corrected chi connectivity index (χ3v) is 4.58. The molecule has 0 radical (unpaired) electrons. The van der Waals surface area contributed by atoms with Gasteiger partial charge in [0.25, 0.3) is 0 Å². The Morgan fingerprint density at radius 2 is 1.90 bits per heavy atom. The summed E-state index contributed by atoms with van der Waals surface area (Å²) in [4.78, 5) is 13.6. The maximum absolute atomic E-state index is 11.4. The number of hydrogen-bond donors (Lipinski definition) is 2. The van der Waals surface area contributed by atoms with Crippen LogP contribution >= 0.6 is 0 Å². The van der Waals surface area contributed by atoms with E-state index in [1.807, 2.05) is 0 Å². The molecule has 0 aromatic heterocycles. The van der Waals surface area contributed by atoms with E-state index in [2.05, 4.69) is 36.3 Å². The highest BCUT2D eigenvalue weighted by Crippen LogP contribution is 2.16. The molecule has 0 aliphatic carbocycles. The van der Waals surface area contributed by atoms with Gasteiger partial charge in [0.05, 0.1) is 6.54 Å². The lowest BCUT2D eigenvalue weighted by Crippen LogP contribution is -2.48. The molecule has 1 fully saturated rings. The highest BCUT2D eigenvalue weighted by atomic mass is 16.1. The Morgan fingerprint density at radius 1 is 1.25 bits per heavy atom. The van der Waals surface area contributed by atoms with Gasteiger partial charge >= 0.3 is 0 Å². The van der Waals surface area contributed by atoms with Crippen molar-refractivity contribution < 1.29 is 4.79 Å². The van der Waals surface area contributed by atoms with Gasteiger partial charge in [0.1, 0.15) is 0 Å². The zero-order valence-electron chi connectivity index (χ0n) is 13.7. The minimum absolute atomic E-state index is 0.125. The van der Waals surface area contributed by atoms with Crippen molar-refractivity contribution in [3.8, 4) is 0 Å². The maximum atomic E-state index is 11.4. The molecule has 1 amide bonds. The van der Waals surface area contributed by atoms with Gasteiger partial charge in [0, 0.05) is 32.2 Å². The van der Waals surface area contributed by atoms with Gasteiger partial charge in [-0.1, -0.05) is 27.2 Å². The number of carbonyl (C=O) groups excluding carboxylic acids is 1. The van der Waals surface area contributed by atoms with Crippen LogP contribution in [0.1, 0.15) is 52.9 Å². The van der Waals surface area contributed by atoms with Crippen molar-refractivity contribution in [1.82, 2.24) is 15.5 Å². The van der Waals surface area contributed by atoms with Gasteiger partial charge in [-0.2, -0.15) is 0 Å². The Hall–Kier alpha value is -0.610. The Bertz CT molecular complexity index is 275. The van der Waals surface area contributed by atoms with Gasteiger partial charge in [-0.3, -0.25) is 9.69 Å². The average Bonchev–Trinajstić information content (AvgIpc) is 2.48. The standard InChI is InChI=1S/C16H33N3O/c1-5-13(3)11-14(6-2)18-15-7-9-19(10-8-15)12-16(20)17-4/h13-15,18H,5-12H2,1-4H3,(H,17,20). The number of piperidine rings is 1. The molecule has 2 atom stereocenters. The molecule has 1 rings (SSSR count). The minimum Gasteiger partial charge on any atom is -0.358 e. The Balaban J connectivity index is 2.28. The number of likely N-dealkylation sites (N-methyl/N-ethyl adjacent to an activating group) is 1. The Kier molecular flexibility index (Phi) is 8.15. The van der Waals surface area contributed by atoms with Crippen LogP contribution in [0.15, 0.2) is 0 Å². The fourth-order valence-corrected chi connectivity index (χ4v) is 2.88. The number of hydrogen-bond acceptors (Lipinski definition) is 3. The molecule has 0 saturated carbocycles. The van der Waals surface area contributed by atoms with Crippen LogP contribution in [-0.4, -0.2) is 49.6 Å². The maximum Gasteiger partial charge on any atom is 0.233 e. The molecule has 2 unspecified atom stereocenters. The number of nitrogens with one attached hydrogen (secondary N) is 2. The molecule has 118 valence electrons. The normalized spacial score (nSPS) is 20.6. The lowest BCUT2D eigenvalue weighted by molar-refractivity contribution is -0.122. The number of rotatable bonds is 8. The highest BCUT2D eigenvalue weighted by molar-refractivity contribution is 5.77. The van der Waals surface area contributed by atoms with E-state index in [9.17, 15) is 4.79 Å². The van der Waals surface area contributed by atoms with Crippen LogP contribution in [0.2, 0.25) is 0 Å². The molecule has 4 nitrogen and oxygen atoms in total. The second kappa shape index (κ2) is 9.35. The molecule has 1 aliphatic heterocycles. The predicted octanol–water partition coefficient (Wildman–Crippen LogP) is 2.00. The van der Waals surface area contributed by atoms with Crippen molar-refractivity contribution in [3.05, 3.63) is 0 Å². The van der Waals surface area contributed by atoms with Crippen LogP contribution in [-0.2, 0) is 4.79 Å². The van der Waals surface area contributed by atoms with E-state index < -0.39 is 0 Å². The molecule has 2 N–H and O–H groups in total. The van der Waals surface area contributed by atoms with Gasteiger partial charge in [0.15, 0.2) is 0 Å². The molecule has 1 aliphatic rings. The summed E-state index contributed by atoms with van der Waals surface area (Å²) in [7, 11) is 1.71. The molecule has 0 spiro atoms. The van der Waals surface area contributed by atoms with Gasteiger partial charge < -0.3 is 10.6 Å². The van der Waals surface area contributed by atoms with Crippen LogP contribution in [0.5, 0.6) is 0 Å². The van der Waals surface area contributed by atoms with Gasteiger partial charge in [-0.15, -0.1) is 0 Å². The first-order chi connectivity index (χ1) is 9.58. The van der Waals surface area contributed by atoms with E-state index in [0.29, 0.717) is 18.6 Å². The molecule has 1 heterocycles. The number of carbonyl (C=O) groups is 1. The molecular weight excluding hydrogens is 250 g/mol. The topological polar surface area (TPSA) is 44.4 Å². The molecule has 0 aromatic rings. The van der Waals surface area contributed by atoms with Crippen LogP contribution in [0.25, 0.3) is 0 Å². The molecule has 1 saturated heterocycles. The summed E-state index contributed by atoms with van der Waals surface area (Å²) in [6.45, 7) is 9.51. The fourth-order valence-electron chi connectivity index (χ4n) is 2.88. The summed E-state index contributed by atoms with van der Waals surface area (Å²) < 4.78 is 0. The SMILES string of the molecule is CCC(C)CC(CC)NC1CCN(CC(=O)NC)CC1. The van der Waals surface area contributed by atoms with Crippen molar-refractivity contribution >= 4 is 5.91 Å². The summed E-state index contributed by atoms with van der Waals surface area (Å²) in [6, 6.07) is 1.28. The van der Waals surface area contributed by atoms with Gasteiger partial charge in [0.2, 0.25) is 5.91 Å². The molecule has 4 heteroatoms. The lowest BCUT2D eigenvalue weighted by Gasteiger charge is -2.34. The van der Waals surface area contributed by atoms with E-state index >= 15 is 0 Å². The Morgan fingerprint density at radius 3 is 2.40 bits per heavy atom. The van der Waals surface area contributed by atoms with E-state index in [1.54, 1.807) is 7.05 Å². The largest absolute Gasteiger partial charge is 0.358 e. The van der Waals surface area contributed by atoms with Crippen LogP contribution in [0, 0.1) is 5.92 Å². The second-order valence-electron chi connectivity index (χ2n) is 6.24. The minimum atomic E-state index is 0.125. The lowest BCUT2D eigenvalue weighted by atomic mass is 9.95. The molecule has 20 heavy (non-hydrogen) atoms. The third-order valence-electron chi connectivity index (χ3n) is 4.58. The van der Waals surface area contributed by atoms with Crippen molar-refractivity contribution in [2.45, 2.75) is 65.0 Å². The first-order valence-corrected chi connectivity index (χ1v) is 8.27. The predicted molar refractivity (Wildman–Crippen MR) is 84.8 cm³/mol. The molecule has 0 aromatic carbocycles. The number of nitrogens with zero attached hydrogens (tertiary/aromatic N) is 1. The van der Waals surface area contributed by atoms with Crippen molar-refractivity contribution in [3.63, 3.8) is 0 Å².